The third kappa shape index (κ3) is 2.29. The zero-order valence-electron chi connectivity index (χ0n) is 10.7. The van der Waals surface area contributed by atoms with Crippen LogP contribution in [0.3, 0.4) is 0 Å². The number of aromatic nitrogens is 4. The molecular formula is C13H13N5O2. The number of carbonyl (C=O) groups is 1. The summed E-state index contributed by atoms with van der Waals surface area (Å²) in [6.07, 6.45) is 4.68. The van der Waals surface area contributed by atoms with E-state index in [1.54, 1.807) is 23.1 Å². The van der Waals surface area contributed by atoms with E-state index in [0.717, 1.165) is 12.8 Å². The van der Waals surface area contributed by atoms with Crippen LogP contribution < -0.4 is 5.69 Å². The van der Waals surface area contributed by atoms with E-state index in [-0.39, 0.29) is 11.9 Å². The van der Waals surface area contributed by atoms with Crippen LogP contribution in [0.1, 0.15) is 35.1 Å². The molecule has 20 heavy (non-hydrogen) atoms. The molecule has 1 aliphatic heterocycles. The number of hydrogen-bond donors (Lipinski definition) is 1. The summed E-state index contributed by atoms with van der Waals surface area (Å²) >= 11 is 0. The van der Waals surface area contributed by atoms with Crippen LogP contribution in [0.15, 0.2) is 35.4 Å². The number of nitrogens with zero attached hydrogens (tertiary/aromatic N) is 4. The van der Waals surface area contributed by atoms with Crippen LogP contribution in [-0.4, -0.2) is 37.5 Å². The Bertz CT molecular complexity index is 670. The standard InChI is InChI=1S/C13H13N5O2/c19-12(10-3-1-6-15-17-10)18-8-2-4-11(18)9-5-7-14-13(20)16-9/h1,3,5-7,11H,2,4,8H2,(H,14,16,20)/t11-/m1/s1. The zero-order valence-corrected chi connectivity index (χ0v) is 10.7. The molecule has 3 heterocycles. The molecule has 1 N–H and O–H groups in total. The molecule has 3 rings (SSSR count). The second-order valence-electron chi connectivity index (χ2n) is 4.60. The van der Waals surface area contributed by atoms with Gasteiger partial charge in [-0.25, -0.2) is 9.78 Å². The van der Waals surface area contributed by atoms with Gasteiger partial charge in [-0.3, -0.25) is 4.79 Å². The van der Waals surface area contributed by atoms with Crippen LogP contribution in [0, 0.1) is 0 Å². The minimum Gasteiger partial charge on any atom is -0.329 e. The van der Waals surface area contributed by atoms with Gasteiger partial charge in [0.25, 0.3) is 5.91 Å². The van der Waals surface area contributed by atoms with Crippen molar-refractivity contribution in [3.05, 3.63) is 52.5 Å². The van der Waals surface area contributed by atoms with E-state index in [9.17, 15) is 9.59 Å². The number of rotatable bonds is 2. The molecule has 0 aliphatic carbocycles. The number of aromatic amines is 1. The summed E-state index contributed by atoms with van der Waals surface area (Å²) in [6.45, 7) is 0.643. The number of nitrogens with one attached hydrogen (secondary N) is 1. The van der Waals surface area contributed by atoms with Crippen molar-refractivity contribution in [2.24, 2.45) is 0 Å². The van der Waals surface area contributed by atoms with Crippen molar-refractivity contribution in [1.29, 1.82) is 0 Å². The number of likely N-dealkylation sites (tertiary alicyclic amines) is 1. The number of amides is 1. The molecule has 0 unspecified atom stereocenters. The van der Waals surface area contributed by atoms with E-state index in [0.29, 0.717) is 17.9 Å². The second kappa shape index (κ2) is 5.20. The molecule has 102 valence electrons. The Kier molecular flexibility index (Phi) is 3.24. The normalized spacial score (nSPS) is 18.2. The van der Waals surface area contributed by atoms with Crippen molar-refractivity contribution < 1.29 is 4.79 Å². The Labute approximate surface area is 114 Å². The molecule has 2 aromatic heterocycles. The van der Waals surface area contributed by atoms with Gasteiger partial charge in [-0.05, 0) is 31.0 Å². The van der Waals surface area contributed by atoms with Crippen molar-refractivity contribution in [2.75, 3.05) is 6.54 Å². The third-order valence-electron chi connectivity index (χ3n) is 3.36. The maximum atomic E-state index is 12.4. The minimum atomic E-state index is -0.402. The van der Waals surface area contributed by atoms with Crippen molar-refractivity contribution in [1.82, 2.24) is 25.1 Å². The summed E-state index contributed by atoms with van der Waals surface area (Å²) in [6, 6.07) is 4.91. The molecule has 0 bridgehead atoms. The van der Waals surface area contributed by atoms with Crippen LogP contribution in [0.5, 0.6) is 0 Å². The Morgan fingerprint density at radius 2 is 2.25 bits per heavy atom. The maximum Gasteiger partial charge on any atom is 0.345 e. The molecule has 7 nitrogen and oxygen atoms in total. The highest BCUT2D eigenvalue weighted by atomic mass is 16.2. The summed E-state index contributed by atoms with van der Waals surface area (Å²) < 4.78 is 0. The molecule has 1 amide bonds. The molecule has 0 radical (unpaired) electrons. The third-order valence-corrected chi connectivity index (χ3v) is 3.36. The van der Waals surface area contributed by atoms with Crippen LogP contribution in [0.4, 0.5) is 0 Å². The molecule has 2 aromatic rings. The van der Waals surface area contributed by atoms with Crippen molar-refractivity contribution in [2.45, 2.75) is 18.9 Å². The molecule has 1 atom stereocenters. The lowest BCUT2D eigenvalue weighted by Gasteiger charge is -2.23. The highest BCUT2D eigenvalue weighted by Crippen LogP contribution is 2.31. The maximum absolute atomic E-state index is 12.4. The Hall–Kier alpha value is -2.57. The number of H-pyrrole nitrogens is 1. The fourth-order valence-corrected chi connectivity index (χ4v) is 2.47. The van der Waals surface area contributed by atoms with E-state index in [1.807, 2.05) is 0 Å². The summed E-state index contributed by atoms with van der Waals surface area (Å²) in [7, 11) is 0. The molecule has 1 fully saturated rings. The van der Waals surface area contributed by atoms with Crippen molar-refractivity contribution in [3.8, 4) is 0 Å². The lowest BCUT2D eigenvalue weighted by atomic mass is 10.1. The van der Waals surface area contributed by atoms with E-state index < -0.39 is 5.69 Å². The largest absolute Gasteiger partial charge is 0.345 e. The smallest absolute Gasteiger partial charge is 0.329 e. The van der Waals surface area contributed by atoms with E-state index in [2.05, 4.69) is 20.2 Å². The van der Waals surface area contributed by atoms with Crippen LogP contribution >= 0.6 is 0 Å². The molecule has 7 heteroatoms. The minimum absolute atomic E-state index is 0.139. The summed E-state index contributed by atoms with van der Waals surface area (Å²) in [5.74, 6) is -0.168. The predicted octanol–water partition coefficient (Wildman–Crippen LogP) is 0.537. The van der Waals surface area contributed by atoms with Gasteiger partial charge in [-0.1, -0.05) is 0 Å². The molecule has 0 aromatic carbocycles. The fraction of sp³-hybridized carbons (Fsp3) is 0.308. The molecule has 1 saturated heterocycles. The Balaban J connectivity index is 1.90. The second-order valence-corrected chi connectivity index (χ2v) is 4.60. The summed E-state index contributed by atoms with van der Waals surface area (Å²) in [5.41, 5.74) is 0.622. The zero-order chi connectivity index (χ0) is 13.9. The van der Waals surface area contributed by atoms with Crippen LogP contribution in [0.25, 0.3) is 0 Å². The van der Waals surface area contributed by atoms with E-state index in [4.69, 9.17) is 0 Å². The quantitative estimate of drug-likeness (QED) is 0.860. The van der Waals surface area contributed by atoms with Crippen LogP contribution in [0.2, 0.25) is 0 Å². The van der Waals surface area contributed by atoms with Gasteiger partial charge in [0.15, 0.2) is 5.69 Å². The van der Waals surface area contributed by atoms with Gasteiger partial charge in [0.2, 0.25) is 0 Å². The summed E-state index contributed by atoms with van der Waals surface area (Å²) in [4.78, 5) is 31.7. The van der Waals surface area contributed by atoms with Gasteiger partial charge >= 0.3 is 5.69 Å². The Morgan fingerprint density at radius 3 is 3.00 bits per heavy atom. The van der Waals surface area contributed by atoms with Crippen molar-refractivity contribution in [3.63, 3.8) is 0 Å². The van der Waals surface area contributed by atoms with Crippen molar-refractivity contribution >= 4 is 5.91 Å². The van der Waals surface area contributed by atoms with E-state index in [1.165, 1.54) is 12.4 Å². The van der Waals surface area contributed by atoms with E-state index >= 15 is 0 Å². The SMILES string of the molecule is O=C(c1cccnn1)N1CCC[C@@H]1c1ccnc(=O)[nH]1. The highest BCUT2D eigenvalue weighted by Gasteiger charge is 2.31. The first-order valence-corrected chi connectivity index (χ1v) is 6.39. The van der Waals surface area contributed by atoms with Gasteiger partial charge in [-0.15, -0.1) is 5.10 Å². The number of hydrogen-bond acceptors (Lipinski definition) is 5. The fourth-order valence-electron chi connectivity index (χ4n) is 2.47. The van der Waals surface area contributed by atoms with Gasteiger partial charge < -0.3 is 9.88 Å². The van der Waals surface area contributed by atoms with Gasteiger partial charge in [-0.2, -0.15) is 5.10 Å². The molecule has 1 aliphatic rings. The molecule has 0 spiro atoms. The monoisotopic (exact) mass is 271 g/mol. The predicted molar refractivity (Wildman–Crippen MR) is 69.9 cm³/mol. The number of carbonyl (C=O) groups excluding carboxylic acids is 1. The first-order valence-electron chi connectivity index (χ1n) is 6.39. The van der Waals surface area contributed by atoms with Gasteiger partial charge in [0, 0.05) is 24.6 Å². The topological polar surface area (TPSA) is 91.8 Å². The van der Waals surface area contributed by atoms with Crippen LogP contribution in [-0.2, 0) is 0 Å². The lowest BCUT2D eigenvalue weighted by Crippen LogP contribution is -2.32. The first kappa shape index (κ1) is 12.5. The van der Waals surface area contributed by atoms with Gasteiger partial charge in [0.1, 0.15) is 0 Å². The summed E-state index contributed by atoms with van der Waals surface area (Å²) in [5, 5.41) is 7.57. The lowest BCUT2D eigenvalue weighted by molar-refractivity contribution is 0.0725. The Morgan fingerprint density at radius 1 is 1.35 bits per heavy atom. The molecular weight excluding hydrogens is 258 g/mol. The average molecular weight is 271 g/mol. The average Bonchev–Trinajstić information content (AvgIpc) is 2.97. The molecule has 0 saturated carbocycles. The first-order chi connectivity index (χ1) is 9.75. The van der Waals surface area contributed by atoms with Gasteiger partial charge in [0.05, 0.1) is 6.04 Å². The highest BCUT2D eigenvalue weighted by molar-refractivity contribution is 5.92.